The minimum absolute atomic E-state index is 0.0194. The number of phenolic OH excluding ortho intramolecular Hbond substituents is 1. The van der Waals surface area contributed by atoms with Crippen molar-refractivity contribution in [2.45, 2.75) is 64.3 Å². The number of fused-ring (bicyclic) bond motifs is 1. The van der Waals surface area contributed by atoms with Gasteiger partial charge in [0.25, 0.3) is 0 Å². The molecule has 1 heterocycles. The van der Waals surface area contributed by atoms with Crippen molar-refractivity contribution in [3.63, 3.8) is 0 Å². The number of ether oxygens (including phenoxy) is 3. The number of amides is 1. The van der Waals surface area contributed by atoms with Crippen LogP contribution in [0.15, 0.2) is 12.1 Å². The molecule has 7 nitrogen and oxygen atoms in total. The van der Waals surface area contributed by atoms with Gasteiger partial charge in [0.15, 0.2) is 11.5 Å². The fraction of sp³-hybridized carbons (Fsp3) is 0.611. The number of benzene rings is 1. The molecular formula is C18H26N2O5. The van der Waals surface area contributed by atoms with Crippen LogP contribution in [-0.4, -0.2) is 35.7 Å². The van der Waals surface area contributed by atoms with Crippen LogP contribution in [0.3, 0.4) is 0 Å². The van der Waals surface area contributed by atoms with Crippen molar-refractivity contribution in [1.29, 1.82) is 0 Å². The van der Waals surface area contributed by atoms with Crippen LogP contribution in [0, 0.1) is 0 Å². The summed E-state index contributed by atoms with van der Waals surface area (Å²) in [7, 11) is 0. The van der Waals surface area contributed by atoms with Gasteiger partial charge in [0, 0.05) is 30.3 Å². The van der Waals surface area contributed by atoms with Crippen molar-refractivity contribution < 1.29 is 24.1 Å². The van der Waals surface area contributed by atoms with E-state index in [1.54, 1.807) is 12.1 Å². The lowest BCUT2D eigenvalue weighted by atomic mass is 10.1. The van der Waals surface area contributed by atoms with Gasteiger partial charge < -0.3 is 30.0 Å². The van der Waals surface area contributed by atoms with Gasteiger partial charge in [-0.3, -0.25) is 0 Å². The molecule has 3 N–H and O–H groups in total. The number of carbonyl (C=O) groups is 1. The number of hydrogen-bond acceptors (Lipinski definition) is 6. The lowest BCUT2D eigenvalue weighted by Crippen LogP contribution is -2.47. The molecule has 25 heavy (non-hydrogen) atoms. The average Bonchev–Trinajstić information content (AvgIpc) is 3.11. The zero-order chi connectivity index (χ0) is 18.0. The molecule has 3 rings (SSSR count). The molecule has 0 saturated heterocycles. The molecule has 2 aliphatic rings. The average molecular weight is 350 g/mol. The van der Waals surface area contributed by atoms with Crippen molar-refractivity contribution in [2.75, 3.05) is 6.79 Å². The van der Waals surface area contributed by atoms with Crippen LogP contribution in [0.5, 0.6) is 17.2 Å². The third-order valence-electron chi connectivity index (χ3n) is 4.35. The summed E-state index contributed by atoms with van der Waals surface area (Å²) < 4.78 is 15.9. The first-order chi connectivity index (χ1) is 11.8. The van der Waals surface area contributed by atoms with Crippen molar-refractivity contribution >= 4 is 6.09 Å². The Kier molecular flexibility index (Phi) is 4.94. The van der Waals surface area contributed by atoms with E-state index in [4.69, 9.17) is 14.2 Å². The predicted octanol–water partition coefficient (Wildman–Crippen LogP) is 2.66. The molecule has 1 fully saturated rings. The molecule has 1 aromatic rings. The van der Waals surface area contributed by atoms with Crippen LogP contribution < -0.4 is 20.1 Å². The van der Waals surface area contributed by atoms with Gasteiger partial charge in [-0.1, -0.05) is 0 Å². The third kappa shape index (κ3) is 4.48. The van der Waals surface area contributed by atoms with Gasteiger partial charge in [0.05, 0.1) is 0 Å². The summed E-state index contributed by atoms with van der Waals surface area (Å²) in [5.74, 6) is 1.38. The first kappa shape index (κ1) is 17.7. The lowest BCUT2D eigenvalue weighted by Gasteiger charge is -2.25. The molecule has 0 bridgehead atoms. The summed E-state index contributed by atoms with van der Waals surface area (Å²) in [5, 5.41) is 16.5. The van der Waals surface area contributed by atoms with Crippen molar-refractivity contribution in [2.24, 2.45) is 0 Å². The predicted molar refractivity (Wildman–Crippen MR) is 91.9 cm³/mol. The summed E-state index contributed by atoms with van der Waals surface area (Å²) in [5.41, 5.74) is 0.233. The van der Waals surface area contributed by atoms with E-state index in [9.17, 15) is 9.90 Å². The van der Waals surface area contributed by atoms with Crippen LogP contribution >= 0.6 is 0 Å². The zero-order valence-corrected chi connectivity index (χ0v) is 14.9. The maximum atomic E-state index is 12.0. The second-order valence-corrected chi connectivity index (χ2v) is 7.51. The number of alkyl carbamates (subject to hydrolysis) is 1. The highest BCUT2D eigenvalue weighted by molar-refractivity contribution is 5.68. The Bertz CT molecular complexity index is 641. The summed E-state index contributed by atoms with van der Waals surface area (Å²) >= 11 is 0. The monoisotopic (exact) mass is 350 g/mol. The van der Waals surface area contributed by atoms with Crippen LogP contribution in [0.1, 0.15) is 45.6 Å². The Balaban J connectivity index is 1.56. The van der Waals surface area contributed by atoms with Gasteiger partial charge >= 0.3 is 6.09 Å². The van der Waals surface area contributed by atoms with E-state index >= 15 is 0 Å². The minimum Gasteiger partial charge on any atom is -0.507 e. The molecule has 0 aromatic heterocycles. The van der Waals surface area contributed by atoms with Crippen LogP contribution in [0.25, 0.3) is 0 Å². The SMILES string of the molecule is CC(C)(C)OC(=O)NC1CCCC1NCc1cc2c(cc1O)OCO2. The number of aromatic hydroxyl groups is 1. The maximum Gasteiger partial charge on any atom is 0.407 e. The number of nitrogens with one attached hydrogen (secondary N) is 2. The highest BCUT2D eigenvalue weighted by Gasteiger charge is 2.30. The standard InChI is InChI=1S/C18H26N2O5/c1-18(2,3)25-17(22)20-13-6-4-5-12(13)19-9-11-7-15-16(8-14(11)21)24-10-23-15/h7-8,12-13,19,21H,4-6,9-10H2,1-3H3,(H,20,22). The molecule has 1 aliphatic carbocycles. The Morgan fingerprint density at radius 2 is 1.92 bits per heavy atom. The fourth-order valence-electron chi connectivity index (χ4n) is 3.19. The van der Waals surface area contributed by atoms with E-state index in [1.165, 1.54) is 0 Å². The molecule has 2 atom stereocenters. The maximum absolute atomic E-state index is 12.0. The van der Waals surface area contributed by atoms with Crippen LogP contribution in [0.2, 0.25) is 0 Å². The summed E-state index contributed by atoms with van der Waals surface area (Å²) in [6.45, 7) is 6.20. The van der Waals surface area contributed by atoms with E-state index in [2.05, 4.69) is 10.6 Å². The van der Waals surface area contributed by atoms with E-state index in [0.717, 1.165) is 24.8 Å². The van der Waals surface area contributed by atoms with Crippen molar-refractivity contribution in [1.82, 2.24) is 10.6 Å². The molecule has 1 aromatic carbocycles. The Morgan fingerprint density at radius 3 is 2.64 bits per heavy atom. The Labute approximate surface area is 147 Å². The van der Waals surface area contributed by atoms with Gasteiger partial charge in [0.1, 0.15) is 11.4 Å². The molecule has 1 saturated carbocycles. The molecule has 0 radical (unpaired) electrons. The topological polar surface area (TPSA) is 89.1 Å². The summed E-state index contributed by atoms with van der Waals surface area (Å²) in [6, 6.07) is 3.52. The third-order valence-corrected chi connectivity index (χ3v) is 4.35. The van der Waals surface area contributed by atoms with Crippen molar-refractivity contribution in [3.8, 4) is 17.2 Å². The second kappa shape index (κ2) is 7.00. The molecule has 1 amide bonds. The molecule has 0 spiro atoms. The Hall–Kier alpha value is -2.15. The number of hydrogen-bond donors (Lipinski definition) is 3. The van der Waals surface area contributed by atoms with E-state index in [1.807, 2.05) is 20.8 Å². The van der Waals surface area contributed by atoms with Crippen LogP contribution in [-0.2, 0) is 11.3 Å². The van der Waals surface area contributed by atoms with Gasteiger partial charge in [-0.25, -0.2) is 4.79 Å². The lowest BCUT2D eigenvalue weighted by molar-refractivity contribution is 0.0498. The van der Waals surface area contributed by atoms with Gasteiger partial charge in [-0.2, -0.15) is 0 Å². The largest absolute Gasteiger partial charge is 0.507 e. The zero-order valence-electron chi connectivity index (χ0n) is 14.9. The molecular weight excluding hydrogens is 324 g/mol. The number of rotatable bonds is 4. The highest BCUT2D eigenvalue weighted by Crippen LogP contribution is 2.37. The summed E-state index contributed by atoms with van der Waals surface area (Å²) in [6.07, 6.45) is 2.51. The molecule has 2 unspecified atom stereocenters. The van der Waals surface area contributed by atoms with Crippen LogP contribution in [0.4, 0.5) is 4.79 Å². The van der Waals surface area contributed by atoms with E-state index in [0.29, 0.717) is 18.0 Å². The molecule has 7 heteroatoms. The summed E-state index contributed by atoms with van der Waals surface area (Å²) in [4.78, 5) is 12.0. The Morgan fingerprint density at radius 1 is 1.24 bits per heavy atom. The van der Waals surface area contributed by atoms with E-state index < -0.39 is 11.7 Å². The fourth-order valence-corrected chi connectivity index (χ4v) is 3.19. The normalized spacial score (nSPS) is 22.0. The van der Waals surface area contributed by atoms with E-state index in [-0.39, 0.29) is 24.6 Å². The number of phenols is 1. The second-order valence-electron chi connectivity index (χ2n) is 7.51. The number of carbonyl (C=O) groups excluding carboxylic acids is 1. The van der Waals surface area contributed by atoms with Gasteiger partial charge in [-0.15, -0.1) is 0 Å². The first-order valence-electron chi connectivity index (χ1n) is 8.66. The van der Waals surface area contributed by atoms with Gasteiger partial charge in [-0.05, 0) is 46.1 Å². The molecule has 138 valence electrons. The first-order valence-corrected chi connectivity index (χ1v) is 8.66. The smallest absolute Gasteiger partial charge is 0.407 e. The minimum atomic E-state index is -0.510. The quantitative estimate of drug-likeness (QED) is 0.774. The highest BCUT2D eigenvalue weighted by atomic mass is 16.7. The van der Waals surface area contributed by atoms with Gasteiger partial charge in [0.2, 0.25) is 6.79 Å². The van der Waals surface area contributed by atoms with Crippen molar-refractivity contribution in [3.05, 3.63) is 17.7 Å². The molecule has 1 aliphatic heterocycles.